The molecule has 0 aromatic heterocycles. The summed E-state index contributed by atoms with van der Waals surface area (Å²) >= 11 is 0. The van der Waals surface area contributed by atoms with Crippen molar-refractivity contribution < 1.29 is 17.9 Å². The van der Waals surface area contributed by atoms with Gasteiger partial charge in [-0.25, -0.2) is 8.42 Å². The van der Waals surface area contributed by atoms with Crippen molar-refractivity contribution in [3.8, 4) is 5.75 Å². The second-order valence-corrected chi connectivity index (χ2v) is 12.8. The van der Waals surface area contributed by atoms with Gasteiger partial charge in [-0.2, -0.15) is 4.31 Å². The van der Waals surface area contributed by atoms with Crippen LogP contribution in [0.25, 0.3) is 0 Å². The first-order valence-electron chi connectivity index (χ1n) is 12.5. The number of nitrogens with zero attached hydrogens (tertiary/aromatic N) is 1. The van der Waals surface area contributed by atoms with Crippen LogP contribution in [-0.4, -0.2) is 50.4 Å². The lowest BCUT2D eigenvalue weighted by molar-refractivity contribution is -0.127. The number of hydrogen-bond donors (Lipinski definition) is 2. The lowest BCUT2D eigenvalue weighted by Crippen LogP contribution is -2.61. The molecule has 0 spiro atoms. The molecule has 5 fully saturated rings. The molecule has 1 aliphatic heterocycles. The zero-order chi connectivity index (χ0) is 23.2. The molecule has 1 aromatic carbocycles. The second kappa shape index (κ2) is 8.77. The molecule has 0 unspecified atom stereocenters. The number of anilines is 1. The van der Waals surface area contributed by atoms with Crippen LogP contribution in [0.3, 0.4) is 0 Å². The highest BCUT2D eigenvalue weighted by atomic mass is 32.2. The fourth-order valence-electron chi connectivity index (χ4n) is 7.16. The lowest BCUT2D eigenvalue weighted by Gasteiger charge is -2.57. The quantitative estimate of drug-likeness (QED) is 0.627. The number of sulfonamides is 1. The number of nitrogens with one attached hydrogen (secondary N) is 2. The van der Waals surface area contributed by atoms with E-state index < -0.39 is 16.1 Å². The lowest BCUT2D eigenvalue weighted by atomic mass is 9.53. The fourth-order valence-corrected chi connectivity index (χ4v) is 8.86. The van der Waals surface area contributed by atoms with Gasteiger partial charge in [0.25, 0.3) is 0 Å². The average Bonchev–Trinajstić information content (AvgIpc) is 2.78. The molecular formula is C25H37N3O4S. The van der Waals surface area contributed by atoms with Gasteiger partial charge in [0.05, 0.1) is 7.11 Å². The second-order valence-electron chi connectivity index (χ2n) is 10.9. The number of rotatable bonds is 7. The maximum Gasteiger partial charge on any atom is 0.246 e. The van der Waals surface area contributed by atoms with E-state index in [4.69, 9.17) is 4.74 Å². The van der Waals surface area contributed by atoms with Gasteiger partial charge in [0.1, 0.15) is 16.7 Å². The number of carbonyl (C=O) groups is 1. The fraction of sp³-hybridized carbons (Fsp3) is 0.720. The summed E-state index contributed by atoms with van der Waals surface area (Å²) < 4.78 is 33.5. The normalized spacial score (nSPS) is 32.4. The summed E-state index contributed by atoms with van der Waals surface area (Å²) in [5.74, 6) is 2.63. The van der Waals surface area contributed by atoms with Crippen LogP contribution in [0.4, 0.5) is 5.69 Å². The maximum atomic E-state index is 13.3. The van der Waals surface area contributed by atoms with E-state index in [1.165, 1.54) is 26.4 Å². The van der Waals surface area contributed by atoms with E-state index in [0.29, 0.717) is 24.5 Å². The first-order valence-corrected chi connectivity index (χ1v) is 14.0. The van der Waals surface area contributed by atoms with Gasteiger partial charge in [0, 0.05) is 24.3 Å². The predicted molar refractivity (Wildman–Crippen MR) is 128 cm³/mol. The van der Waals surface area contributed by atoms with Gasteiger partial charge in [-0.15, -0.1) is 0 Å². The van der Waals surface area contributed by atoms with E-state index in [1.807, 2.05) is 6.92 Å². The molecule has 1 amide bonds. The molecule has 1 heterocycles. The predicted octanol–water partition coefficient (Wildman–Crippen LogP) is 3.76. The molecule has 2 N–H and O–H groups in total. The molecule has 5 aliphatic rings. The largest absolute Gasteiger partial charge is 0.495 e. The third kappa shape index (κ3) is 4.48. The molecular weight excluding hydrogens is 438 g/mol. The third-order valence-corrected chi connectivity index (χ3v) is 10.2. The Balaban J connectivity index is 1.30. The molecule has 1 atom stereocenters. The highest BCUT2D eigenvalue weighted by molar-refractivity contribution is 7.89. The molecule has 1 saturated heterocycles. The number of benzene rings is 1. The van der Waals surface area contributed by atoms with Crippen molar-refractivity contribution >= 4 is 21.6 Å². The maximum absolute atomic E-state index is 13.3. The Bertz CT molecular complexity index is 968. The highest BCUT2D eigenvalue weighted by Crippen LogP contribution is 2.55. The Kier molecular flexibility index (Phi) is 6.10. The zero-order valence-corrected chi connectivity index (χ0v) is 20.6. The Labute approximate surface area is 197 Å². The van der Waals surface area contributed by atoms with Crippen molar-refractivity contribution in [1.82, 2.24) is 9.62 Å². The van der Waals surface area contributed by atoms with Crippen LogP contribution in [0.2, 0.25) is 0 Å². The van der Waals surface area contributed by atoms with Crippen molar-refractivity contribution in [1.29, 1.82) is 0 Å². The molecule has 8 heteroatoms. The van der Waals surface area contributed by atoms with Gasteiger partial charge < -0.3 is 15.4 Å². The summed E-state index contributed by atoms with van der Waals surface area (Å²) in [7, 11) is -2.17. The van der Waals surface area contributed by atoms with Crippen LogP contribution in [0, 0.1) is 17.8 Å². The van der Waals surface area contributed by atoms with Gasteiger partial charge in [-0.3, -0.25) is 4.79 Å². The van der Waals surface area contributed by atoms with Crippen LogP contribution >= 0.6 is 0 Å². The molecule has 6 rings (SSSR count). The van der Waals surface area contributed by atoms with Gasteiger partial charge in [0.15, 0.2) is 0 Å². The summed E-state index contributed by atoms with van der Waals surface area (Å²) in [5.41, 5.74) is 0.573. The first kappa shape index (κ1) is 23.0. The summed E-state index contributed by atoms with van der Waals surface area (Å²) in [6, 6.07) is 4.60. The van der Waals surface area contributed by atoms with E-state index in [2.05, 4.69) is 10.6 Å². The number of hydrogen-bond acceptors (Lipinski definition) is 5. The van der Waals surface area contributed by atoms with Crippen LogP contribution in [0.5, 0.6) is 5.75 Å². The van der Waals surface area contributed by atoms with Gasteiger partial charge in [0.2, 0.25) is 15.9 Å². The molecule has 4 saturated carbocycles. The summed E-state index contributed by atoms with van der Waals surface area (Å²) in [4.78, 5) is 13.3. The van der Waals surface area contributed by atoms with Crippen molar-refractivity contribution in [2.75, 3.05) is 25.5 Å². The third-order valence-electron chi connectivity index (χ3n) is 8.30. The van der Waals surface area contributed by atoms with Gasteiger partial charge in [-0.1, -0.05) is 6.42 Å². The van der Waals surface area contributed by atoms with E-state index in [1.54, 1.807) is 22.5 Å². The van der Waals surface area contributed by atoms with Crippen LogP contribution < -0.4 is 15.4 Å². The SMILES string of the molecule is COc1ccc(N[C@H](C)C(=O)NC23CC4CC(CC(C4)C2)C3)cc1S(=O)(=O)N1CCCCC1. The minimum Gasteiger partial charge on any atom is -0.495 e. The Morgan fingerprint density at radius 2 is 1.67 bits per heavy atom. The monoisotopic (exact) mass is 475 g/mol. The summed E-state index contributed by atoms with van der Waals surface area (Å²) in [6.07, 6.45) is 10.1. The number of ether oxygens (including phenoxy) is 1. The van der Waals surface area contributed by atoms with Crippen molar-refractivity contribution in [2.24, 2.45) is 17.8 Å². The molecule has 182 valence electrons. The van der Waals surface area contributed by atoms with Crippen LogP contribution in [0.15, 0.2) is 23.1 Å². The summed E-state index contributed by atoms with van der Waals surface area (Å²) in [5, 5.41) is 6.65. The number of carbonyl (C=O) groups excluding carboxylic acids is 1. The van der Waals surface area contributed by atoms with E-state index in [9.17, 15) is 13.2 Å². The molecule has 33 heavy (non-hydrogen) atoms. The first-order chi connectivity index (χ1) is 15.8. The van der Waals surface area contributed by atoms with E-state index in [0.717, 1.165) is 56.3 Å². The Morgan fingerprint density at radius 3 is 2.24 bits per heavy atom. The minimum absolute atomic E-state index is 0.00629. The smallest absolute Gasteiger partial charge is 0.246 e. The van der Waals surface area contributed by atoms with E-state index >= 15 is 0 Å². The standard InChI is InChI=1S/C25H37N3O4S/c1-17(24(29)27-25-14-18-10-19(15-25)12-20(11-18)16-25)26-21-6-7-22(32-2)23(13-21)33(30,31)28-8-4-3-5-9-28/h6-7,13,17-20,26H,3-5,8-12,14-16H2,1-2H3,(H,27,29)/t17-,18?,19?,20?,25?/m1/s1. The van der Waals surface area contributed by atoms with Crippen LogP contribution in [-0.2, 0) is 14.8 Å². The minimum atomic E-state index is -3.65. The number of methoxy groups -OCH3 is 1. The molecule has 1 aromatic rings. The molecule has 7 nitrogen and oxygen atoms in total. The Hall–Kier alpha value is -1.80. The number of amides is 1. The van der Waals surface area contributed by atoms with Gasteiger partial charge >= 0.3 is 0 Å². The van der Waals surface area contributed by atoms with Crippen molar-refractivity contribution in [3.63, 3.8) is 0 Å². The Morgan fingerprint density at radius 1 is 1.06 bits per heavy atom. The van der Waals surface area contributed by atoms with Gasteiger partial charge in [-0.05, 0) is 94.2 Å². The zero-order valence-electron chi connectivity index (χ0n) is 19.8. The van der Waals surface area contributed by atoms with Crippen LogP contribution in [0.1, 0.15) is 64.7 Å². The molecule has 0 radical (unpaired) electrons. The molecule has 4 bridgehead atoms. The molecule has 4 aliphatic carbocycles. The van der Waals surface area contributed by atoms with Crippen molar-refractivity contribution in [2.45, 2.75) is 81.2 Å². The average molecular weight is 476 g/mol. The topological polar surface area (TPSA) is 87.7 Å². The summed E-state index contributed by atoms with van der Waals surface area (Å²) in [6.45, 7) is 2.92. The van der Waals surface area contributed by atoms with E-state index in [-0.39, 0.29) is 16.3 Å². The number of piperidine rings is 1. The highest BCUT2D eigenvalue weighted by Gasteiger charge is 2.51. The van der Waals surface area contributed by atoms with Crippen molar-refractivity contribution in [3.05, 3.63) is 18.2 Å².